The second-order valence-electron chi connectivity index (χ2n) is 9.79. The number of nitrogens with two attached hydrogens (primary N) is 1. The summed E-state index contributed by atoms with van der Waals surface area (Å²) >= 11 is 0. The van der Waals surface area contributed by atoms with Crippen LogP contribution in [0.1, 0.15) is 39.1 Å². The average molecular weight is 524 g/mol. The summed E-state index contributed by atoms with van der Waals surface area (Å²) in [6, 6.07) is 9.44. The van der Waals surface area contributed by atoms with E-state index in [1.54, 1.807) is 37.8 Å². The molecule has 1 amide bonds. The number of carbonyl (C=O) groups excluding carboxylic acids is 1. The average Bonchev–Trinajstić information content (AvgIpc) is 2.76. The highest BCUT2D eigenvalue weighted by molar-refractivity contribution is 7.87. The molecule has 1 saturated heterocycles. The van der Waals surface area contributed by atoms with Crippen molar-refractivity contribution in [3.05, 3.63) is 69.4 Å². The summed E-state index contributed by atoms with van der Waals surface area (Å²) in [6.45, 7) is 10.9. The number of aromatic nitrogens is 2. The first-order chi connectivity index (χ1) is 17.4. The van der Waals surface area contributed by atoms with Gasteiger partial charge in [0.25, 0.3) is 0 Å². The van der Waals surface area contributed by atoms with Crippen molar-refractivity contribution in [2.45, 2.75) is 45.9 Å². The molecule has 3 aromatic rings. The molecule has 37 heavy (non-hydrogen) atoms. The lowest BCUT2D eigenvalue weighted by Gasteiger charge is -2.32. The van der Waals surface area contributed by atoms with Gasteiger partial charge in [-0.3, -0.25) is 9.69 Å². The van der Waals surface area contributed by atoms with Gasteiger partial charge < -0.3 is 14.8 Å². The number of likely N-dealkylation sites (N-methyl/N-ethyl adjacent to an activating group) is 1. The molecule has 196 valence electrons. The Morgan fingerprint density at radius 1 is 0.973 bits per heavy atom. The number of anilines is 2. The fraction of sp³-hybridized carbons (Fsp3) is 0.370. The summed E-state index contributed by atoms with van der Waals surface area (Å²) in [5.74, 6) is -0.0854. The van der Waals surface area contributed by atoms with Crippen LogP contribution in [0.3, 0.4) is 0 Å². The largest absolute Gasteiger partial charge is 0.368 e. The molecule has 0 radical (unpaired) electrons. The van der Waals surface area contributed by atoms with E-state index in [2.05, 4.69) is 9.97 Å². The smallest absolute Gasteiger partial charge is 0.341 e. The minimum atomic E-state index is -4.18. The van der Waals surface area contributed by atoms with Crippen molar-refractivity contribution in [1.82, 2.24) is 14.9 Å². The molecule has 0 saturated carbocycles. The number of carbonyl (C=O) groups is 1. The Labute approximate surface area is 218 Å². The van der Waals surface area contributed by atoms with Crippen molar-refractivity contribution in [1.29, 1.82) is 0 Å². The van der Waals surface area contributed by atoms with Gasteiger partial charge in [-0.2, -0.15) is 13.4 Å². The van der Waals surface area contributed by atoms with Gasteiger partial charge in [-0.05, 0) is 76.1 Å². The molecule has 4 rings (SSSR count). The van der Waals surface area contributed by atoms with Crippen molar-refractivity contribution in [3.63, 3.8) is 0 Å². The zero-order valence-corrected chi connectivity index (χ0v) is 22.9. The molecule has 0 aliphatic carbocycles. The van der Waals surface area contributed by atoms with Crippen LogP contribution in [0, 0.1) is 34.6 Å². The highest BCUT2D eigenvalue weighted by atomic mass is 32.2. The molecular formula is C27H33N5O4S. The molecule has 10 heteroatoms. The van der Waals surface area contributed by atoms with Gasteiger partial charge in [-0.1, -0.05) is 23.8 Å². The molecule has 2 aromatic carbocycles. The van der Waals surface area contributed by atoms with Gasteiger partial charge in [0.1, 0.15) is 4.90 Å². The summed E-state index contributed by atoms with van der Waals surface area (Å²) in [7, 11) is -2.24. The molecule has 0 bridgehead atoms. The predicted molar refractivity (Wildman–Crippen MR) is 143 cm³/mol. The zero-order valence-electron chi connectivity index (χ0n) is 22.1. The van der Waals surface area contributed by atoms with E-state index in [1.807, 2.05) is 44.0 Å². The van der Waals surface area contributed by atoms with E-state index in [4.69, 9.17) is 9.92 Å². The third-order valence-electron chi connectivity index (χ3n) is 6.65. The maximum Gasteiger partial charge on any atom is 0.341 e. The predicted octanol–water partition coefficient (Wildman–Crippen LogP) is 3.24. The Balaban J connectivity index is 1.67. The number of rotatable bonds is 6. The van der Waals surface area contributed by atoms with Crippen LogP contribution >= 0.6 is 0 Å². The Hall–Kier alpha value is -3.50. The van der Waals surface area contributed by atoms with Gasteiger partial charge in [0.2, 0.25) is 17.7 Å². The molecule has 0 unspecified atom stereocenters. The van der Waals surface area contributed by atoms with Crippen LogP contribution in [0.15, 0.2) is 35.2 Å². The molecular weight excluding hydrogens is 490 g/mol. The second-order valence-corrected chi connectivity index (χ2v) is 11.3. The summed E-state index contributed by atoms with van der Waals surface area (Å²) in [5, 5.41) is 0. The first kappa shape index (κ1) is 26.6. The van der Waals surface area contributed by atoms with E-state index in [1.165, 1.54) is 0 Å². The van der Waals surface area contributed by atoms with E-state index >= 15 is 0 Å². The molecule has 2 heterocycles. The lowest BCUT2D eigenvalue weighted by atomic mass is 9.99. The minimum absolute atomic E-state index is 0.0614. The number of piperazine rings is 1. The number of benzene rings is 2. The molecule has 2 N–H and O–H groups in total. The van der Waals surface area contributed by atoms with Gasteiger partial charge in [0.15, 0.2) is 0 Å². The van der Waals surface area contributed by atoms with Gasteiger partial charge >= 0.3 is 10.1 Å². The number of aryl methyl sites for hydroxylation is 5. The van der Waals surface area contributed by atoms with Gasteiger partial charge in [-0.25, -0.2) is 4.98 Å². The number of hydrogen-bond acceptors (Lipinski definition) is 8. The summed E-state index contributed by atoms with van der Waals surface area (Å²) < 4.78 is 32.3. The van der Waals surface area contributed by atoms with E-state index < -0.39 is 10.1 Å². The van der Waals surface area contributed by atoms with Crippen LogP contribution in [-0.4, -0.2) is 55.9 Å². The van der Waals surface area contributed by atoms with Crippen LogP contribution in [0.4, 0.5) is 11.6 Å². The summed E-state index contributed by atoms with van der Waals surface area (Å²) in [5.41, 5.74) is 11.8. The number of nitrogens with zero attached hydrogens (tertiary/aromatic N) is 4. The SMILES string of the molecule is Cc1cc(C)c(S(=O)(=O)Oc2nc(N)nc(C)c2Cc2ccc(N3CCN(C)CC3=O)cc2C)c(C)c1. The summed E-state index contributed by atoms with van der Waals surface area (Å²) in [4.78, 5) is 24.8. The monoisotopic (exact) mass is 523 g/mol. The number of amides is 1. The number of nitrogen functional groups attached to an aromatic ring is 1. The number of hydrogen-bond donors (Lipinski definition) is 1. The van der Waals surface area contributed by atoms with Crippen molar-refractivity contribution >= 4 is 27.7 Å². The van der Waals surface area contributed by atoms with Crippen LogP contribution < -0.4 is 14.8 Å². The van der Waals surface area contributed by atoms with Crippen LogP contribution in [0.25, 0.3) is 0 Å². The summed E-state index contributed by atoms with van der Waals surface area (Å²) in [6.07, 6.45) is 0.339. The third-order valence-corrected chi connectivity index (χ3v) is 8.17. The van der Waals surface area contributed by atoms with E-state index in [0.29, 0.717) is 41.9 Å². The molecule has 1 aliphatic heterocycles. The lowest BCUT2D eigenvalue weighted by Crippen LogP contribution is -2.48. The molecule has 1 fully saturated rings. The Morgan fingerprint density at radius 2 is 1.65 bits per heavy atom. The highest BCUT2D eigenvalue weighted by Gasteiger charge is 2.27. The maximum atomic E-state index is 13.4. The zero-order chi connectivity index (χ0) is 27.1. The molecule has 1 aromatic heterocycles. The van der Waals surface area contributed by atoms with Gasteiger partial charge in [0.05, 0.1) is 12.2 Å². The maximum absolute atomic E-state index is 13.4. The van der Waals surface area contributed by atoms with Gasteiger partial charge in [0, 0.05) is 30.8 Å². The molecule has 1 aliphatic rings. The first-order valence-electron chi connectivity index (χ1n) is 12.1. The lowest BCUT2D eigenvalue weighted by molar-refractivity contribution is -0.120. The Kier molecular flexibility index (Phi) is 7.25. The van der Waals surface area contributed by atoms with Crippen molar-refractivity contribution in [3.8, 4) is 5.88 Å². The van der Waals surface area contributed by atoms with Crippen LogP contribution in [0.5, 0.6) is 5.88 Å². The standard InChI is InChI=1S/C27H33N5O4S/c1-16-11-18(3)25(19(4)12-16)37(34,35)36-26-23(20(5)29-27(28)30-26)14-21-7-8-22(13-17(21)2)32-10-9-31(6)15-24(32)33/h7-8,11-13H,9-10,14-15H2,1-6H3,(H2,28,29,30). The van der Waals surface area contributed by atoms with Crippen LogP contribution in [0.2, 0.25) is 0 Å². The van der Waals surface area contributed by atoms with Gasteiger partial charge in [-0.15, -0.1) is 0 Å². The normalized spacial score (nSPS) is 14.8. The van der Waals surface area contributed by atoms with E-state index in [0.717, 1.165) is 28.9 Å². The fourth-order valence-corrected chi connectivity index (χ4v) is 6.21. The molecule has 0 atom stereocenters. The second kappa shape index (κ2) is 10.1. The van der Waals surface area contributed by atoms with Crippen molar-refractivity contribution in [2.24, 2.45) is 0 Å². The topological polar surface area (TPSA) is 119 Å². The minimum Gasteiger partial charge on any atom is -0.368 e. The van der Waals surface area contributed by atoms with E-state index in [9.17, 15) is 13.2 Å². The van der Waals surface area contributed by atoms with E-state index in [-0.39, 0.29) is 22.6 Å². The van der Waals surface area contributed by atoms with Crippen molar-refractivity contribution in [2.75, 3.05) is 37.3 Å². The van der Waals surface area contributed by atoms with Crippen molar-refractivity contribution < 1.29 is 17.4 Å². The quantitative estimate of drug-likeness (QED) is 0.489. The van der Waals surface area contributed by atoms with Crippen LogP contribution in [-0.2, 0) is 21.3 Å². The molecule has 9 nitrogen and oxygen atoms in total. The molecule has 0 spiro atoms. The Morgan fingerprint density at radius 3 is 2.27 bits per heavy atom. The highest BCUT2D eigenvalue weighted by Crippen LogP contribution is 2.31. The fourth-order valence-electron chi connectivity index (χ4n) is 4.87. The Bertz CT molecular complexity index is 1460. The first-order valence-corrected chi connectivity index (χ1v) is 13.5. The third kappa shape index (κ3) is 5.60.